The number of carbonyl (C=O) groups is 3. The number of nitro groups is 1. The Morgan fingerprint density at radius 1 is 1.15 bits per heavy atom. The molecule has 4 aliphatic rings. The summed E-state index contributed by atoms with van der Waals surface area (Å²) >= 11 is 0. The number of alkyl halides is 2. The molecule has 5 rings (SSSR count). The number of ketones is 1. The maximum absolute atomic E-state index is 17.3. The second kappa shape index (κ2) is 8.51. The van der Waals surface area contributed by atoms with Crippen molar-refractivity contribution >= 4 is 23.4 Å². The van der Waals surface area contributed by atoms with Crippen LogP contribution in [-0.4, -0.2) is 56.4 Å². The average molecular weight is 546 g/mol. The molecule has 3 saturated carbocycles. The minimum atomic E-state index is -2.40. The first kappa shape index (κ1) is 27.1. The Morgan fingerprint density at radius 2 is 1.79 bits per heavy atom. The van der Waals surface area contributed by atoms with Crippen molar-refractivity contribution in [2.45, 2.75) is 63.6 Å². The maximum Gasteiger partial charge on any atom is 0.349 e. The van der Waals surface area contributed by atoms with Gasteiger partial charge in [0, 0.05) is 34.8 Å². The molecule has 9 nitrogen and oxygen atoms in total. The van der Waals surface area contributed by atoms with Crippen LogP contribution >= 0.6 is 0 Å². The van der Waals surface area contributed by atoms with Crippen LogP contribution in [0.4, 0.5) is 14.5 Å². The fourth-order valence-electron chi connectivity index (χ4n) is 8.16. The normalized spacial score (nSPS) is 42.6. The van der Waals surface area contributed by atoms with Crippen molar-refractivity contribution in [1.29, 1.82) is 0 Å². The summed E-state index contributed by atoms with van der Waals surface area (Å²) in [6.45, 7) is 4.54. The van der Waals surface area contributed by atoms with Gasteiger partial charge in [0.25, 0.3) is 5.69 Å². The molecule has 2 N–H and O–H groups in total. The lowest BCUT2D eigenvalue weighted by atomic mass is 9.44. The number of carboxylic acid groups (broad SMARTS) is 1. The molecule has 0 unspecified atom stereocenters. The Kier molecular flexibility index (Phi) is 5.92. The molecule has 9 atom stereocenters. The number of aliphatic carboxylic acids is 1. The minimum Gasteiger partial charge on any atom is -0.478 e. The van der Waals surface area contributed by atoms with Crippen molar-refractivity contribution in [2.24, 2.45) is 28.6 Å². The molecule has 1 aromatic rings. The molecule has 208 valence electrons. The zero-order valence-electron chi connectivity index (χ0n) is 21.6. The quantitative estimate of drug-likeness (QED) is 0.326. The summed E-state index contributed by atoms with van der Waals surface area (Å²) in [6, 6.07) is 4.48. The highest BCUT2D eigenvalue weighted by Gasteiger charge is 2.78. The van der Waals surface area contributed by atoms with Gasteiger partial charge in [0.2, 0.25) is 5.60 Å². The van der Waals surface area contributed by atoms with E-state index in [0.717, 1.165) is 36.4 Å². The van der Waals surface area contributed by atoms with Crippen molar-refractivity contribution in [3.05, 3.63) is 63.7 Å². The molecule has 0 saturated heterocycles. The number of hydrogen-bond donors (Lipinski definition) is 2. The maximum atomic E-state index is 17.3. The van der Waals surface area contributed by atoms with Crippen LogP contribution in [0.3, 0.4) is 0 Å². The lowest BCUT2D eigenvalue weighted by Crippen LogP contribution is -2.71. The van der Waals surface area contributed by atoms with Crippen molar-refractivity contribution in [3.8, 4) is 0 Å². The van der Waals surface area contributed by atoms with Gasteiger partial charge in [-0.2, -0.15) is 0 Å². The molecule has 0 radical (unpaired) electrons. The molecule has 3 fully saturated rings. The summed E-state index contributed by atoms with van der Waals surface area (Å²) < 4.78 is 38.7. The highest BCUT2D eigenvalue weighted by molar-refractivity contribution is 6.01. The van der Waals surface area contributed by atoms with Crippen LogP contribution in [0.5, 0.6) is 0 Å². The number of hydrogen-bond acceptors (Lipinski definition) is 7. The number of carbonyl (C=O) groups excluding carboxylic acids is 2. The smallest absolute Gasteiger partial charge is 0.349 e. The SMILES string of the molecule is C[C@@H]1C[C@H]2[C@@H]3C[C@H](F)C4=CC(=O)C=C[C@]4(C)[C@@]3(F)[C@@H](O)C[C@]2(C)[C@@]1(OC(=O)c1ccc([N+](=O)[O-])cc1)C(=O)O. The van der Waals surface area contributed by atoms with E-state index in [4.69, 9.17) is 4.74 Å². The molecule has 0 amide bonds. The lowest BCUT2D eigenvalue weighted by Gasteiger charge is -2.62. The van der Waals surface area contributed by atoms with Crippen molar-refractivity contribution in [2.75, 3.05) is 0 Å². The molecular weight excluding hydrogens is 516 g/mol. The molecule has 0 heterocycles. The number of allylic oxidation sites excluding steroid dienone is 4. The van der Waals surface area contributed by atoms with Gasteiger partial charge in [-0.1, -0.05) is 19.9 Å². The van der Waals surface area contributed by atoms with Crippen LogP contribution in [0, 0.1) is 38.7 Å². The number of aliphatic hydroxyl groups excluding tert-OH is 1. The third kappa shape index (κ3) is 3.34. The van der Waals surface area contributed by atoms with Crippen LogP contribution in [0.15, 0.2) is 48.1 Å². The van der Waals surface area contributed by atoms with Gasteiger partial charge in [-0.25, -0.2) is 18.4 Å². The number of nitro benzene ring substituents is 1. The zero-order valence-corrected chi connectivity index (χ0v) is 21.6. The Hall–Kier alpha value is -3.47. The topological polar surface area (TPSA) is 144 Å². The van der Waals surface area contributed by atoms with E-state index in [1.165, 1.54) is 19.9 Å². The molecule has 0 aromatic heterocycles. The van der Waals surface area contributed by atoms with E-state index in [2.05, 4.69) is 0 Å². The number of non-ortho nitro benzene ring substituents is 1. The average Bonchev–Trinajstić information content (AvgIpc) is 3.09. The van der Waals surface area contributed by atoms with Gasteiger partial charge in [-0.3, -0.25) is 14.9 Å². The molecule has 0 bridgehead atoms. The second-order valence-electron chi connectivity index (χ2n) is 11.7. The fourth-order valence-corrected chi connectivity index (χ4v) is 8.16. The Labute approximate surface area is 222 Å². The van der Waals surface area contributed by atoms with Gasteiger partial charge in [-0.15, -0.1) is 0 Å². The van der Waals surface area contributed by atoms with Crippen molar-refractivity contribution < 1.29 is 43.0 Å². The summed E-state index contributed by atoms with van der Waals surface area (Å²) in [5, 5.41) is 32.9. The highest BCUT2D eigenvalue weighted by atomic mass is 19.1. The number of carboxylic acids is 1. The molecule has 0 aliphatic heterocycles. The van der Waals surface area contributed by atoms with Crippen molar-refractivity contribution in [3.63, 3.8) is 0 Å². The summed E-state index contributed by atoms with van der Waals surface area (Å²) in [4.78, 5) is 48.5. The predicted octanol–water partition coefficient (Wildman–Crippen LogP) is 4.14. The number of ether oxygens (including phenoxy) is 1. The Balaban J connectivity index is 1.57. The Bertz CT molecular complexity index is 1340. The standard InChI is InChI=1S/C28H29F2NO8/c1-14-10-18-19-12-21(29)20-11-17(32)8-9-25(20,2)27(19,30)22(33)13-26(18,3)28(14,24(35)36)39-23(34)15-4-6-16(7-5-15)31(37)38/h4-9,11,14,18-19,21-22,33H,10,12-13H2,1-3H3,(H,35,36)/t14-,18+,19+,21+,22+,25+,26+,27+,28+/m1/s1. The largest absolute Gasteiger partial charge is 0.478 e. The monoisotopic (exact) mass is 545 g/mol. The van der Waals surface area contributed by atoms with Crippen LogP contribution in [0.25, 0.3) is 0 Å². The second-order valence-corrected chi connectivity index (χ2v) is 11.7. The van der Waals surface area contributed by atoms with E-state index in [0.29, 0.717) is 0 Å². The van der Waals surface area contributed by atoms with Gasteiger partial charge in [0.05, 0.1) is 16.6 Å². The number of nitrogens with zero attached hydrogens (tertiary/aromatic N) is 1. The first-order valence-corrected chi connectivity index (χ1v) is 12.8. The third-order valence-electron chi connectivity index (χ3n) is 10.1. The molecule has 11 heteroatoms. The van der Waals surface area contributed by atoms with Crippen LogP contribution in [-0.2, 0) is 14.3 Å². The third-order valence-corrected chi connectivity index (χ3v) is 10.1. The number of esters is 1. The predicted molar refractivity (Wildman–Crippen MR) is 132 cm³/mol. The van der Waals surface area contributed by atoms with Gasteiger partial charge in [0.1, 0.15) is 6.17 Å². The number of halogens is 2. The van der Waals surface area contributed by atoms with E-state index in [9.17, 15) is 34.7 Å². The number of aliphatic hydroxyl groups is 1. The summed E-state index contributed by atoms with van der Waals surface area (Å²) in [5.41, 5.74) is -8.14. The lowest BCUT2D eigenvalue weighted by molar-refractivity contribution is -0.384. The highest BCUT2D eigenvalue weighted by Crippen LogP contribution is 2.71. The van der Waals surface area contributed by atoms with Gasteiger partial charge >= 0.3 is 11.9 Å². The molecule has 39 heavy (non-hydrogen) atoms. The molecule has 0 spiro atoms. The van der Waals surface area contributed by atoms with Gasteiger partial charge in [0.15, 0.2) is 11.5 Å². The number of rotatable bonds is 4. The van der Waals surface area contributed by atoms with E-state index >= 15 is 8.78 Å². The van der Waals surface area contributed by atoms with E-state index in [1.54, 1.807) is 6.92 Å². The first-order chi connectivity index (χ1) is 18.1. The first-order valence-electron chi connectivity index (χ1n) is 12.8. The summed E-state index contributed by atoms with van der Waals surface area (Å²) in [7, 11) is 0. The van der Waals surface area contributed by atoms with Gasteiger partial charge < -0.3 is 14.9 Å². The van der Waals surface area contributed by atoms with E-state index in [1.807, 2.05) is 0 Å². The zero-order chi connectivity index (χ0) is 28.7. The van der Waals surface area contributed by atoms with E-state index < -0.39 is 81.2 Å². The summed E-state index contributed by atoms with van der Waals surface area (Å²) in [5.74, 6) is -5.75. The van der Waals surface area contributed by atoms with Crippen LogP contribution < -0.4 is 0 Å². The fraction of sp³-hybridized carbons (Fsp3) is 0.536. The van der Waals surface area contributed by atoms with E-state index in [-0.39, 0.29) is 29.7 Å². The van der Waals surface area contributed by atoms with Crippen LogP contribution in [0.2, 0.25) is 0 Å². The van der Waals surface area contributed by atoms with Crippen molar-refractivity contribution in [1.82, 2.24) is 0 Å². The molecule has 1 aromatic carbocycles. The minimum absolute atomic E-state index is 0.0449. The Morgan fingerprint density at radius 3 is 2.38 bits per heavy atom. The molecule has 4 aliphatic carbocycles. The van der Waals surface area contributed by atoms with Crippen LogP contribution in [0.1, 0.15) is 50.4 Å². The summed E-state index contributed by atoms with van der Waals surface area (Å²) in [6.07, 6.45) is -0.587. The number of fused-ring (bicyclic) bond motifs is 5. The molecular formula is C28H29F2NO8. The van der Waals surface area contributed by atoms with Gasteiger partial charge in [-0.05, 0) is 62.0 Å². The number of benzene rings is 1.